The van der Waals surface area contributed by atoms with Crippen molar-refractivity contribution in [1.29, 1.82) is 0 Å². The van der Waals surface area contributed by atoms with E-state index in [1.54, 1.807) is 42.5 Å². The van der Waals surface area contributed by atoms with E-state index in [1.165, 1.54) is 11.1 Å². The fraction of sp³-hybridized carbons (Fsp3) is 0.250. The second kappa shape index (κ2) is 8.11. The highest BCUT2D eigenvalue weighted by Gasteiger charge is 2.55. The first-order valence-electron chi connectivity index (χ1n) is 9.31. The van der Waals surface area contributed by atoms with Gasteiger partial charge in [-0.25, -0.2) is 4.90 Å². The minimum absolute atomic E-state index is 0.222. The van der Waals surface area contributed by atoms with Gasteiger partial charge in [-0.05, 0) is 49.4 Å². The average molecular weight is 428 g/mol. The lowest BCUT2D eigenvalue weighted by atomic mass is 10.1. The number of anilines is 2. The number of hydrogen-bond donors (Lipinski definition) is 1. The molecule has 0 aromatic heterocycles. The quantitative estimate of drug-likeness (QED) is 0.714. The van der Waals surface area contributed by atoms with Crippen LogP contribution in [0.2, 0.25) is 5.02 Å². The summed E-state index contributed by atoms with van der Waals surface area (Å²) in [6.45, 7) is 2.21. The molecule has 2 aromatic rings. The van der Waals surface area contributed by atoms with E-state index >= 15 is 0 Å². The summed E-state index contributed by atoms with van der Waals surface area (Å²) in [5.41, 5.74) is 0.936. The van der Waals surface area contributed by atoms with E-state index in [0.29, 0.717) is 28.8 Å². The highest BCUT2D eigenvalue weighted by atomic mass is 35.5. The number of nitrogens with one attached hydrogen (secondary N) is 1. The normalized spacial score (nSPS) is 19.9. The zero-order valence-corrected chi connectivity index (χ0v) is 16.7. The molecule has 1 fully saturated rings. The largest absolute Gasteiger partial charge is 0.494 e. The fourth-order valence-electron chi connectivity index (χ4n) is 3.37. The molecular weight excluding hydrogens is 410 g/mol. The summed E-state index contributed by atoms with van der Waals surface area (Å²) in [5, 5.41) is 12.1. The number of nitrogens with zero attached hydrogens (tertiary/aromatic N) is 4. The zero-order chi connectivity index (χ0) is 21.3. The van der Waals surface area contributed by atoms with Crippen LogP contribution >= 0.6 is 11.6 Å². The second-order valence-corrected chi connectivity index (χ2v) is 7.13. The minimum Gasteiger partial charge on any atom is -0.494 e. The molecule has 2 aliphatic rings. The van der Waals surface area contributed by atoms with E-state index in [0.717, 1.165) is 4.90 Å². The Balaban J connectivity index is 1.44. The molecule has 2 aliphatic heterocycles. The van der Waals surface area contributed by atoms with Crippen molar-refractivity contribution in [2.75, 3.05) is 23.4 Å². The molecule has 154 valence electrons. The van der Waals surface area contributed by atoms with Crippen molar-refractivity contribution >= 4 is 40.7 Å². The molecular formula is C20H18ClN5O4. The number of rotatable bonds is 6. The molecule has 1 N–H and O–H groups in total. The van der Waals surface area contributed by atoms with Crippen LogP contribution in [0.4, 0.5) is 11.4 Å². The number of carbonyl (C=O) groups excluding carboxylic acids is 3. The number of ether oxygens (including phenoxy) is 1. The molecule has 0 unspecified atom stereocenters. The lowest BCUT2D eigenvalue weighted by Gasteiger charge is -2.20. The van der Waals surface area contributed by atoms with Crippen LogP contribution in [0.1, 0.15) is 6.92 Å². The minimum atomic E-state index is -0.977. The molecule has 2 aromatic carbocycles. The Morgan fingerprint density at radius 1 is 1.17 bits per heavy atom. The third kappa shape index (κ3) is 3.71. The van der Waals surface area contributed by atoms with Crippen molar-refractivity contribution in [3.05, 3.63) is 53.6 Å². The fourth-order valence-corrected chi connectivity index (χ4v) is 3.56. The van der Waals surface area contributed by atoms with Gasteiger partial charge in [-0.3, -0.25) is 19.4 Å². The molecule has 0 bridgehead atoms. The molecule has 0 radical (unpaired) electrons. The maximum Gasteiger partial charge on any atom is 0.263 e. The van der Waals surface area contributed by atoms with Crippen molar-refractivity contribution in [2.45, 2.75) is 19.0 Å². The van der Waals surface area contributed by atoms with Crippen LogP contribution in [-0.2, 0) is 14.4 Å². The monoisotopic (exact) mass is 427 g/mol. The maximum atomic E-state index is 12.9. The van der Waals surface area contributed by atoms with E-state index in [1.807, 2.05) is 6.92 Å². The Labute approximate surface area is 177 Å². The Kier molecular flexibility index (Phi) is 5.37. The standard InChI is InChI=1S/C20H18ClN5O4/c1-2-30-15-8-6-13(7-9-15)22-16(27)11-25-18-17(23-24-25)19(28)26(20(18)29)14-5-3-4-12(21)10-14/h3-10,17-18H,2,11H2,1H3,(H,22,27)/t17-,18-/m1/s1. The lowest BCUT2D eigenvalue weighted by molar-refractivity contribution is -0.123. The van der Waals surface area contributed by atoms with Gasteiger partial charge in [0.05, 0.1) is 12.3 Å². The number of benzene rings is 2. The summed E-state index contributed by atoms with van der Waals surface area (Å²) < 4.78 is 5.37. The SMILES string of the molecule is CCOc1ccc(NC(=O)CN2N=N[C@H]3C(=O)N(c4cccc(Cl)c4)C(=O)[C@@H]32)cc1. The number of amides is 3. The Hall–Kier alpha value is -3.46. The van der Waals surface area contributed by atoms with Gasteiger partial charge in [0, 0.05) is 10.7 Å². The summed E-state index contributed by atoms with van der Waals surface area (Å²) in [6, 6.07) is 11.4. The number of imide groups is 1. The second-order valence-electron chi connectivity index (χ2n) is 6.69. The highest BCUT2D eigenvalue weighted by Crippen LogP contribution is 2.32. The van der Waals surface area contributed by atoms with Crippen LogP contribution in [-0.4, -0.2) is 48.0 Å². The topological polar surface area (TPSA) is 104 Å². The summed E-state index contributed by atoms with van der Waals surface area (Å²) in [5.74, 6) is -0.681. The predicted octanol–water partition coefficient (Wildman–Crippen LogP) is 2.67. The molecule has 30 heavy (non-hydrogen) atoms. The van der Waals surface area contributed by atoms with Gasteiger partial charge < -0.3 is 10.1 Å². The van der Waals surface area contributed by atoms with Crippen molar-refractivity contribution in [3.8, 4) is 5.75 Å². The Morgan fingerprint density at radius 3 is 2.63 bits per heavy atom. The molecule has 2 atom stereocenters. The van der Waals surface area contributed by atoms with Crippen molar-refractivity contribution in [3.63, 3.8) is 0 Å². The molecule has 10 heteroatoms. The average Bonchev–Trinajstić information content (AvgIpc) is 3.23. The van der Waals surface area contributed by atoms with Crippen LogP contribution in [0.25, 0.3) is 0 Å². The van der Waals surface area contributed by atoms with Gasteiger partial charge in [0.15, 0.2) is 12.1 Å². The van der Waals surface area contributed by atoms with Crippen LogP contribution in [0.3, 0.4) is 0 Å². The van der Waals surface area contributed by atoms with Crippen molar-refractivity contribution in [2.24, 2.45) is 10.3 Å². The molecule has 3 amide bonds. The molecule has 0 aliphatic carbocycles. The summed E-state index contributed by atoms with van der Waals surface area (Å²) in [4.78, 5) is 39.1. The smallest absolute Gasteiger partial charge is 0.263 e. The van der Waals surface area contributed by atoms with Gasteiger partial charge in [-0.15, -0.1) is 0 Å². The lowest BCUT2D eigenvalue weighted by Crippen LogP contribution is -2.43. The molecule has 1 saturated heterocycles. The van der Waals surface area contributed by atoms with E-state index in [2.05, 4.69) is 15.7 Å². The molecule has 0 spiro atoms. The van der Waals surface area contributed by atoms with E-state index in [-0.39, 0.29) is 12.5 Å². The van der Waals surface area contributed by atoms with Gasteiger partial charge in [-0.1, -0.05) is 22.9 Å². The van der Waals surface area contributed by atoms with E-state index in [9.17, 15) is 14.4 Å². The van der Waals surface area contributed by atoms with Crippen molar-refractivity contribution in [1.82, 2.24) is 5.01 Å². The predicted molar refractivity (Wildman–Crippen MR) is 109 cm³/mol. The van der Waals surface area contributed by atoms with Crippen LogP contribution in [0, 0.1) is 0 Å². The number of fused-ring (bicyclic) bond motifs is 1. The number of hydrogen-bond acceptors (Lipinski definition) is 7. The van der Waals surface area contributed by atoms with E-state index < -0.39 is 23.9 Å². The molecule has 0 saturated carbocycles. The molecule has 9 nitrogen and oxygen atoms in total. The van der Waals surface area contributed by atoms with Gasteiger partial charge in [0.25, 0.3) is 11.8 Å². The maximum absolute atomic E-state index is 12.9. The van der Waals surface area contributed by atoms with Gasteiger partial charge in [-0.2, -0.15) is 5.11 Å². The molecule has 2 heterocycles. The first-order valence-corrected chi connectivity index (χ1v) is 9.69. The zero-order valence-electron chi connectivity index (χ0n) is 16.0. The van der Waals surface area contributed by atoms with Gasteiger partial charge >= 0.3 is 0 Å². The Morgan fingerprint density at radius 2 is 1.93 bits per heavy atom. The van der Waals surface area contributed by atoms with E-state index in [4.69, 9.17) is 16.3 Å². The number of carbonyl (C=O) groups is 3. The Bertz CT molecular complexity index is 1030. The summed E-state index contributed by atoms with van der Waals surface area (Å²) in [7, 11) is 0. The summed E-state index contributed by atoms with van der Waals surface area (Å²) in [6.07, 6.45) is 0. The van der Waals surface area contributed by atoms with Crippen LogP contribution in [0.15, 0.2) is 58.9 Å². The highest BCUT2D eigenvalue weighted by molar-refractivity contribution is 6.31. The first kappa shape index (κ1) is 19.8. The van der Waals surface area contributed by atoms with Gasteiger partial charge in [0.1, 0.15) is 12.3 Å². The molecule has 4 rings (SSSR count). The third-order valence-corrected chi connectivity index (χ3v) is 4.91. The van der Waals surface area contributed by atoms with Crippen LogP contribution < -0.4 is 15.0 Å². The van der Waals surface area contributed by atoms with Crippen molar-refractivity contribution < 1.29 is 19.1 Å². The van der Waals surface area contributed by atoms with Crippen LogP contribution in [0.5, 0.6) is 5.75 Å². The first-order chi connectivity index (χ1) is 14.5. The summed E-state index contributed by atoms with van der Waals surface area (Å²) >= 11 is 5.98. The van der Waals surface area contributed by atoms with Gasteiger partial charge in [0.2, 0.25) is 5.91 Å². The number of halogens is 1. The third-order valence-electron chi connectivity index (χ3n) is 4.68.